The molecule has 6 rings (SSSR count). The van der Waals surface area contributed by atoms with E-state index in [1.165, 1.54) is 11.1 Å². The van der Waals surface area contributed by atoms with Crippen LogP contribution >= 0.6 is 0 Å². The first-order valence-electron chi connectivity index (χ1n) is 11.5. The Morgan fingerprint density at radius 2 is 1.80 bits per heavy atom. The molecular formula is C27H23N7O. The van der Waals surface area contributed by atoms with E-state index in [1.54, 1.807) is 16.9 Å². The minimum absolute atomic E-state index is 0.0468. The summed E-state index contributed by atoms with van der Waals surface area (Å²) in [6, 6.07) is 21.5. The van der Waals surface area contributed by atoms with Crippen LogP contribution in [0.3, 0.4) is 0 Å². The van der Waals surface area contributed by atoms with E-state index in [4.69, 9.17) is 0 Å². The molecule has 0 unspecified atom stereocenters. The highest BCUT2D eigenvalue weighted by atomic mass is 16.2. The predicted octanol–water partition coefficient (Wildman–Crippen LogP) is 4.44. The van der Waals surface area contributed by atoms with E-state index in [0.717, 1.165) is 35.7 Å². The van der Waals surface area contributed by atoms with Gasteiger partial charge in [0.05, 0.1) is 0 Å². The molecule has 5 aromatic rings. The van der Waals surface area contributed by atoms with Gasteiger partial charge in [-0.15, -0.1) is 5.10 Å². The lowest BCUT2D eigenvalue weighted by atomic mass is 9.99. The molecule has 0 atom stereocenters. The molecule has 8 nitrogen and oxygen atoms in total. The van der Waals surface area contributed by atoms with E-state index >= 15 is 0 Å². The minimum Gasteiger partial charge on any atom is -0.340 e. The number of nitrogens with one attached hydrogen (secondary N) is 1. The van der Waals surface area contributed by atoms with Crippen LogP contribution in [0.1, 0.15) is 27.2 Å². The second-order valence-electron chi connectivity index (χ2n) is 8.62. The smallest absolute Gasteiger partial charge is 0.254 e. The molecule has 3 aromatic heterocycles. The minimum atomic E-state index is 0.0468. The standard InChI is InChI=1S/C27H23N7O/c1-18-15-24(34-27(29-18)31-25(32-34)21-7-4-13-28-16-21)30-23-10-8-20(9-11-23)26(35)33-14-12-19-5-2-3-6-22(19)17-33/h2-11,13,15-16,30H,12,14,17H2,1H3. The van der Waals surface area contributed by atoms with Crippen LogP contribution in [-0.4, -0.2) is 41.9 Å². The number of nitrogens with zero attached hydrogens (tertiary/aromatic N) is 6. The molecule has 8 heteroatoms. The Hall–Kier alpha value is -4.59. The van der Waals surface area contributed by atoms with Gasteiger partial charge in [0, 0.05) is 54.1 Å². The maximum atomic E-state index is 13.1. The number of amides is 1. The molecule has 0 aliphatic carbocycles. The molecule has 172 valence electrons. The number of aryl methyl sites for hydroxylation is 1. The number of pyridine rings is 1. The van der Waals surface area contributed by atoms with Crippen LogP contribution in [0.5, 0.6) is 0 Å². The average molecular weight is 462 g/mol. The summed E-state index contributed by atoms with van der Waals surface area (Å²) >= 11 is 0. The van der Waals surface area contributed by atoms with E-state index in [9.17, 15) is 4.79 Å². The van der Waals surface area contributed by atoms with Gasteiger partial charge in [-0.3, -0.25) is 9.78 Å². The lowest BCUT2D eigenvalue weighted by molar-refractivity contribution is 0.0734. The third-order valence-electron chi connectivity index (χ3n) is 6.18. The van der Waals surface area contributed by atoms with Crippen molar-refractivity contribution in [1.29, 1.82) is 0 Å². The zero-order chi connectivity index (χ0) is 23.8. The highest BCUT2D eigenvalue weighted by Crippen LogP contribution is 2.23. The average Bonchev–Trinajstić information content (AvgIpc) is 3.33. The van der Waals surface area contributed by atoms with E-state index in [0.29, 0.717) is 23.7 Å². The van der Waals surface area contributed by atoms with Gasteiger partial charge in [0.1, 0.15) is 5.82 Å². The number of benzene rings is 2. The molecular weight excluding hydrogens is 438 g/mol. The molecule has 0 fully saturated rings. The molecule has 0 saturated carbocycles. The molecule has 0 radical (unpaired) electrons. The van der Waals surface area contributed by atoms with Gasteiger partial charge < -0.3 is 10.2 Å². The third-order valence-corrected chi connectivity index (χ3v) is 6.18. The second-order valence-corrected chi connectivity index (χ2v) is 8.62. The number of hydrogen-bond acceptors (Lipinski definition) is 6. The SMILES string of the molecule is Cc1cc(Nc2ccc(C(=O)N3CCc4ccccc4C3)cc2)n2nc(-c3cccnc3)nc2n1. The van der Waals surface area contributed by atoms with Crippen molar-refractivity contribution in [1.82, 2.24) is 29.5 Å². The fourth-order valence-corrected chi connectivity index (χ4v) is 4.39. The summed E-state index contributed by atoms with van der Waals surface area (Å²) in [6.45, 7) is 3.30. The van der Waals surface area contributed by atoms with Crippen molar-refractivity contribution in [3.05, 3.63) is 102 Å². The van der Waals surface area contributed by atoms with Crippen molar-refractivity contribution >= 4 is 23.2 Å². The Bertz CT molecular complexity index is 1530. The topological polar surface area (TPSA) is 88.3 Å². The Balaban J connectivity index is 1.23. The van der Waals surface area contributed by atoms with Crippen LogP contribution in [0.4, 0.5) is 11.5 Å². The first kappa shape index (κ1) is 21.0. The van der Waals surface area contributed by atoms with Gasteiger partial charge in [0.2, 0.25) is 0 Å². The Morgan fingerprint density at radius 1 is 0.971 bits per heavy atom. The molecule has 0 bridgehead atoms. The first-order valence-corrected chi connectivity index (χ1v) is 11.5. The molecule has 4 heterocycles. The number of anilines is 2. The molecule has 0 spiro atoms. The van der Waals surface area contributed by atoms with Gasteiger partial charge in [-0.25, -0.2) is 4.98 Å². The van der Waals surface area contributed by atoms with Gasteiger partial charge >= 0.3 is 0 Å². The molecule has 2 aromatic carbocycles. The van der Waals surface area contributed by atoms with E-state index in [1.807, 2.05) is 60.4 Å². The molecule has 1 amide bonds. The Labute approximate surface area is 202 Å². The molecule has 1 aliphatic rings. The van der Waals surface area contributed by atoms with Crippen LogP contribution in [0.2, 0.25) is 0 Å². The Morgan fingerprint density at radius 3 is 2.60 bits per heavy atom. The molecule has 1 aliphatic heterocycles. The van der Waals surface area contributed by atoms with Crippen molar-refractivity contribution in [2.45, 2.75) is 19.9 Å². The summed E-state index contributed by atoms with van der Waals surface area (Å²) in [6.07, 6.45) is 4.33. The molecule has 0 saturated heterocycles. The van der Waals surface area contributed by atoms with Crippen LogP contribution in [0, 0.1) is 6.92 Å². The normalized spacial score (nSPS) is 13.0. The highest BCUT2D eigenvalue weighted by Gasteiger charge is 2.21. The number of aromatic nitrogens is 5. The number of hydrogen-bond donors (Lipinski definition) is 1. The fourth-order valence-electron chi connectivity index (χ4n) is 4.39. The van der Waals surface area contributed by atoms with E-state index in [-0.39, 0.29) is 5.91 Å². The number of carbonyl (C=O) groups excluding carboxylic acids is 1. The predicted molar refractivity (Wildman–Crippen MR) is 133 cm³/mol. The van der Waals surface area contributed by atoms with Crippen LogP contribution in [0.25, 0.3) is 17.2 Å². The summed E-state index contributed by atoms with van der Waals surface area (Å²) in [7, 11) is 0. The van der Waals surface area contributed by atoms with E-state index < -0.39 is 0 Å². The maximum Gasteiger partial charge on any atom is 0.254 e. The number of rotatable bonds is 4. The summed E-state index contributed by atoms with van der Waals surface area (Å²) in [5.41, 5.74) is 5.71. The highest BCUT2D eigenvalue weighted by molar-refractivity contribution is 5.94. The third kappa shape index (κ3) is 4.10. The lowest BCUT2D eigenvalue weighted by Gasteiger charge is -2.29. The second kappa shape index (κ2) is 8.64. The summed E-state index contributed by atoms with van der Waals surface area (Å²) in [4.78, 5) is 28.2. The fraction of sp³-hybridized carbons (Fsp3) is 0.148. The van der Waals surface area contributed by atoms with Crippen LogP contribution < -0.4 is 5.32 Å². The van der Waals surface area contributed by atoms with Gasteiger partial charge in [-0.2, -0.15) is 9.50 Å². The zero-order valence-corrected chi connectivity index (χ0v) is 19.2. The first-order chi connectivity index (χ1) is 17.1. The number of fused-ring (bicyclic) bond motifs is 2. The summed E-state index contributed by atoms with van der Waals surface area (Å²) in [5.74, 6) is 1.85. The van der Waals surface area contributed by atoms with Crippen molar-refractivity contribution in [2.24, 2.45) is 0 Å². The van der Waals surface area contributed by atoms with E-state index in [2.05, 4.69) is 43.6 Å². The quantitative estimate of drug-likeness (QED) is 0.426. The summed E-state index contributed by atoms with van der Waals surface area (Å²) in [5, 5.41) is 8.02. The monoisotopic (exact) mass is 461 g/mol. The molecule has 35 heavy (non-hydrogen) atoms. The van der Waals surface area contributed by atoms with Gasteiger partial charge in [0.25, 0.3) is 11.7 Å². The van der Waals surface area contributed by atoms with Crippen LogP contribution in [-0.2, 0) is 13.0 Å². The molecule has 1 N–H and O–H groups in total. The van der Waals surface area contributed by atoms with Gasteiger partial charge in [-0.1, -0.05) is 24.3 Å². The van der Waals surface area contributed by atoms with Crippen molar-refractivity contribution in [3.8, 4) is 11.4 Å². The lowest BCUT2D eigenvalue weighted by Crippen LogP contribution is -2.35. The van der Waals surface area contributed by atoms with Crippen LogP contribution in [0.15, 0.2) is 79.1 Å². The van der Waals surface area contributed by atoms with Gasteiger partial charge in [-0.05, 0) is 60.9 Å². The van der Waals surface area contributed by atoms with Crippen molar-refractivity contribution in [2.75, 3.05) is 11.9 Å². The Kier molecular flexibility index (Phi) is 5.18. The maximum absolute atomic E-state index is 13.1. The largest absolute Gasteiger partial charge is 0.340 e. The van der Waals surface area contributed by atoms with Gasteiger partial charge in [0.15, 0.2) is 5.82 Å². The summed E-state index contributed by atoms with van der Waals surface area (Å²) < 4.78 is 1.68. The van der Waals surface area contributed by atoms with Crippen molar-refractivity contribution < 1.29 is 4.79 Å². The number of carbonyl (C=O) groups is 1. The zero-order valence-electron chi connectivity index (χ0n) is 19.2. The van der Waals surface area contributed by atoms with Crippen molar-refractivity contribution in [3.63, 3.8) is 0 Å².